The maximum atomic E-state index is 11.8. The number of nitrogens with one attached hydrogen (secondary N) is 1. The van der Waals surface area contributed by atoms with Crippen LogP contribution >= 0.6 is 15.9 Å². The molecule has 0 aliphatic carbocycles. The zero-order chi connectivity index (χ0) is 13.8. The van der Waals surface area contributed by atoms with Crippen molar-refractivity contribution in [3.8, 4) is 0 Å². The lowest BCUT2D eigenvalue weighted by molar-refractivity contribution is -0.137. The normalized spacial score (nSPS) is 11.5. The fourth-order valence-electron chi connectivity index (χ4n) is 1.04. The Morgan fingerprint density at radius 2 is 2.22 bits per heavy atom. The lowest BCUT2D eigenvalue weighted by Crippen LogP contribution is -2.34. The summed E-state index contributed by atoms with van der Waals surface area (Å²) in [5, 5.41) is 8.49. The van der Waals surface area contributed by atoms with E-state index in [0.717, 1.165) is 4.31 Å². The van der Waals surface area contributed by atoms with E-state index in [0.29, 0.717) is 10.3 Å². The number of aromatic nitrogens is 1. The smallest absolute Gasteiger partial charge is 0.304 e. The first-order valence-electron chi connectivity index (χ1n) is 4.88. The van der Waals surface area contributed by atoms with Gasteiger partial charge in [0, 0.05) is 13.6 Å². The highest BCUT2D eigenvalue weighted by Gasteiger charge is 2.18. The molecule has 0 aliphatic rings. The van der Waals surface area contributed by atoms with E-state index in [-0.39, 0.29) is 13.0 Å². The minimum atomic E-state index is -3.76. The molecule has 0 spiro atoms. The van der Waals surface area contributed by atoms with E-state index >= 15 is 0 Å². The molecule has 1 aromatic heterocycles. The van der Waals surface area contributed by atoms with E-state index in [1.165, 1.54) is 13.2 Å². The minimum absolute atomic E-state index is 0.103. The molecule has 0 saturated heterocycles. The number of anilines is 1. The number of carboxylic acid groups (broad SMARTS) is 1. The van der Waals surface area contributed by atoms with E-state index < -0.39 is 16.2 Å². The van der Waals surface area contributed by atoms with Gasteiger partial charge in [0.25, 0.3) is 0 Å². The minimum Gasteiger partial charge on any atom is -0.481 e. The Morgan fingerprint density at radius 1 is 1.56 bits per heavy atom. The second-order valence-electron chi connectivity index (χ2n) is 3.44. The number of carboxylic acids is 1. The Kier molecular flexibility index (Phi) is 5.05. The van der Waals surface area contributed by atoms with Crippen molar-refractivity contribution in [2.45, 2.75) is 6.42 Å². The van der Waals surface area contributed by atoms with Gasteiger partial charge >= 0.3 is 16.2 Å². The number of hydrogen-bond acceptors (Lipinski definition) is 4. The summed E-state index contributed by atoms with van der Waals surface area (Å²) in [6, 6.07) is 3.13. The molecular weight excluding hydrogens is 326 g/mol. The van der Waals surface area contributed by atoms with Crippen molar-refractivity contribution in [3.05, 3.63) is 22.9 Å². The van der Waals surface area contributed by atoms with Gasteiger partial charge in [0.1, 0.15) is 4.60 Å². The van der Waals surface area contributed by atoms with Gasteiger partial charge in [-0.05, 0) is 28.1 Å². The van der Waals surface area contributed by atoms with E-state index in [9.17, 15) is 13.2 Å². The SMILES string of the molecule is CN(CCC(=O)O)S(=O)(=O)Nc1ccc(Br)nc1. The van der Waals surface area contributed by atoms with E-state index in [1.807, 2.05) is 0 Å². The first-order valence-corrected chi connectivity index (χ1v) is 7.12. The molecule has 100 valence electrons. The predicted octanol–water partition coefficient (Wildman–Crippen LogP) is 0.907. The van der Waals surface area contributed by atoms with Gasteiger partial charge in [-0.3, -0.25) is 9.52 Å². The van der Waals surface area contributed by atoms with Gasteiger partial charge in [-0.2, -0.15) is 12.7 Å². The van der Waals surface area contributed by atoms with Gasteiger partial charge in [-0.1, -0.05) is 0 Å². The first-order chi connectivity index (χ1) is 8.31. The van der Waals surface area contributed by atoms with Gasteiger partial charge in [-0.15, -0.1) is 0 Å². The monoisotopic (exact) mass is 337 g/mol. The standard InChI is InChI=1S/C9H12BrN3O4S/c1-13(5-4-9(14)15)18(16,17)12-7-2-3-8(10)11-6-7/h2-3,6,12H,4-5H2,1H3,(H,14,15). The summed E-state index contributed by atoms with van der Waals surface area (Å²) >= 11 is 3.13. The summed E-state index contributed by atoms with van der Waals surface area (Å²) in [5.74, 6) is -1.05. The molecule has 1 rings (SSSR count). The molecule has 0 amide bonds. The van der Waals surface area contributed by atoms with E-state index in [2.05, 4.69) is 25.6 Å². The highest BCUT2D eigenvalue weighted by atomic mass is 79.9. The molecule has 0 bridgehead atoms. The number of pyridine rings is 1. The van der Waals surface area contributed by atoms with Gasteiger partial charge in [-0.25, -0.2) is 4.98 Å². The summed E-state index contributed by atoms with van der Waals surface area (Å²) in [4.78, 5) is 14.2. The maximum Gasteiger partial charge on any atom is 0.304 e. The Hall–Kier alpha value is -1.19. The third-order valence-corrected chi connectivity index (χ3v) is 3.99. The van der Waals surface area contributed by atoms with Crippen LogP contribution in [0.25, 0.3) is 0 Å². The molecule has 2 N–H and O–H groups in total. The maximum absolute atomic E-state index is 11.8. The van der Waals surface area contributed by atoms with Crippen LogP contribution in [0.5, 0.6) is 0 Å². The molecule has 0 aromatic carbocycles. The highest BCUT2D eigenvalue weighted by molar-refractivity contribution is 9.10. The number of halogens is 1. The lowest BCUT2D eigenvalue weighted by atomic mass is 10.4. The Bertz CT molecular complexity index is 517. The summed E-state index contributed by atoms with van der Waals surface area (Å²) < 4.78 is 27.4. The summed E-state index contributed by atoms with van der Waals surface area (Å²) in [6.45, 7) is -0.103. The van der Waals surface area contributed by atoms with Crippen LogP contribution in [-0.4, -0.2) is 42.4 Å². The third-order valence-electron chi connectivity index (χ3n) is 2.03. The Labute approximate surface area is 113 Å². The number of aliphatic carboxylic acids is 1. The Morgan fingerprint density at radius 3 is 2.72 bits per heavy atom. The zero-order valence-electron chi connectivity index (χ0n) is 9.50. The van der Waals surface area contributed by atoms with Crippen LogP contribution in [0.1, 0.15) is 6.42 Å². The first kappa shape index (κ1) is 14.9. The van der Waals surface area contributed by atoms with Gasteiger partial charge < -0.3 is 5.11 Å². The Balaban J connectivity index is 2.69. The molecule has 18 heavy (non-hydrogen) atoms. The van der Waals surface area contributed by atoms with E-state index in [1.54, 1.807) is 12.1 Å². The molecule has 0 atom stereocenters. The van der Waals surface area contributed by atoms with Crippen molar-refractivity contribution in [1.29, 1.82) is 0 Å². The number of rotatable bonds is 6. The third kappa shape index (κ3) is 4.59. The van der Waals surface area contributed by atoms with Crippen LogP contribution in [0.4, 0.5) is 5.69 Å². The van der Waals surface area contributed by atoms with Gasteiger partial charge in [0.15, 0.2) is 0 Å². The quantitative estimate of drug-likeness (QED) is 0.751. The molecule has 0 radical (unpaired) electrons. The van der Waals surface area contributed by atoms with Crippen LogP contribution in [-0.2, 0) is 15.0 Å². The van der Waals surface area contributed by atoms with Crippen molar-refractivity contribution in [2.24, 2.45) is 0 Å². The zero-order valence-corrected chi connectivity index (χ0v) is 11.9. The molecule has 1 aromatic rings. The summed E-state index contributed by atoms with van der Waals surface area (Å²) in [6.07, 6.45) is 1.10. The average Bonchev–Trinajstić information content (AvgIpc) is 2.28. The van der Waals surface area contributed by atoms with Crippen LogP contribution in [0.2, 0.25) is 0 Å². The van der Waals surface area contributed by atoms with Crippen LogP contribution in [0, 0.1) is 0 Å². The van der Waals surface area contributed by atoms with Crippen molar-refractivity contribution in [3.63, 3.8) is 0 Å². The lowest BCUT2D eigenvalue weighted by Gasteiger charge is -2.17. The van der Waals surface area contributed by atoms with Crippen molar-refractivity contribution in [2.75, 3.05) is 18.3 Å². The summed E-state index contributed by atoms with van der Waals surface area (Å²) in [5.41, 5.74) is 0.306. The second-order valence-corrected chi connectivity index (χ2v) is 6.03. The topological polar surface area (TPSA) is 99.6 Å². The fraction of sp³-hybridized carbons (Fsp3) is 0.333. The number of carbonyl (C=O) groups is 1. The molecule has 0 saturated carbocycles. The molecule has 7 nitrogen and oxygen atoms in total. The van der Waals surface area contributed by atoms with Gasteiger partial charge in [0.05, 0.1) is 18.3 Å². The van der Waals surface area contributed by atoms with Crippen LogP contribution in [0.15, 0.2) is 22.9 Å². The summed E-state index contributed by atoms with van der Waals surface area (Å²) in [7, 11) is -2.45. The highest BCUT2D eigenvalue weighted by Crippen LogP contribution is 2.13. The van der Waals surface area contributed by atoms with Crippen molar-refractivity contribution < 1.29 is 18.3 Å². The second kappa shape index (κ2) is 6.12. The van der Waals surface area contributed by atoms with Crippen LogP contribution < -0.4 is 4.72 Å². The molecular formula is C9H12BrN3O4S. The average molecular weight is 338 g/mol. The fourth-order valence-corrected chi connectivity index (χ4v) is 2.18. The molecule has 9 heteroatoms. The largest absolute Gasteiger partial charge is 0.481 e. The molecule has 1 heterocycles. The van der Waals surface area contributed by atoms with Crippen LogP contribution in [0.3, 0.4) is 0 Å². The molecule has 0 fully saturated rings. The van der Waals surface area contributed by atoms with E-state index in [4.69, 9.17) is 5.11 Å². The molecule has 0 unspecified atom stereocenters. The number of nitrogens with zero attached hydrogens (tertiary/aromatic N) is 2. The predicted molar refractivity (Wildman–Crippen MR) is 69.4 cm³/mol. The van der Waals surface area contributed by atoms with Crippen molar-refractivity contribution >= 4 is 37.8 Å². The molecule has 0 aliphatic heterocycles. The van der Waals surface area contributed by atoms with Gasteiger partial charge in [0.2, 0.25) is 0 Å². The number of hydrogen-bond donors (Lipinski definition) is 2. The van der Waals surface area contributed by atoms with Crippen molar-refractivity contribution in [1.82, 2.24) is 9.29 Å².